The average molecular weight is 251 g/mol. The molecule has 0 spiro atoms. The molecule has 18 heavy (non-hydrogen) atoms. The molecule has 0 aliphatic heterocycles. The number of carboxylic acid groups (broad SMARTS) is 1. The summed E-state index contributed by atoms with van der Waals surface area (Å²) in [5.74, 6) is -1.28. The van der Waals surface area contributed by atoms with E-state index in [4.69, 9.17) is 10.8 Å². The SMILES string of the molecule is CCCCN(CC(N)=O)c1ncccc1C(=O)O. The van der Waals surface area contributed by atoms with Gasteiger partial charge in [0, 0.05) is 12.7 Å². The number of aromatic carboxylic acids is 1. The molecule has 98 valence electrons. The fraction of sp³-hybridized carbons (Fsp3) is 0.417. The van der Waals surface area contributed by atoms with Crippen molar-refractivity contribution in [3.05, 3.63) is 23.9 Å². The van der Waals surface area contributed by atoms with Crippen LogP contribution in [0.3, 0.4) is 0 Å². The number of primary amides is 1. The molecule has 1 heterocycles. The van der Waals surface area contributed by atoms with Gasteiger partial charge in [-0.15, -0.1) is 0 Å². The number of carbonyl (C=O) groups excluding carboxylic acids is 1. The minimum absolute atomic E-state index is 0.0305. The lowest BCUT2D eigenvalue weighted by Crippen LogP contribution is -2.36. The van der Waals surface area contributed by atoms with Crippen LogP contribution in [0.5, 0.6) is 0 Å². The summed E-state index contributed by atoms with van der Waals surface area (Å²) < 4.78 is 0. The van der Waals surface area contributed by atoms with Gasteiger partial charge in [0.15, 0.2) is 0 Å². The quantitative estimate of drug-likeness (QED) is 0.749. The van der Waals surface area contributed by atoms with Crippen molar-refractivity contribution in [2.45, 2.75) is 19.8 Å². The predicted molar refractivity (Wildman–Crippen MR) is 67.5 cm³/mol. The molecule has 0 fully saturated rings. The van der Waals surface area contributed by atoms with Crippen LogP contribution >= 0.6 is 0 Å². The van der Waals surface area contributed by atoms with Crippen molar-refractivity contribution in [3.8, 4) is 0 Å². The van der Waals surface area contributed by atoms with Crippen molar-refractivity contribution in [1.82, 2.24) is 4.98 Å². The predicted octanol–water partition coefficient (Wildman–Crippen LogP) is 0.872. The zero-order valence-electron chi connectivity index (χ0n) is 10.3. The summed E-state index contributed by atoms with van der Waals surface area (Å²) in [4.78, 5) is 27.8. The molecule has 0 aliphatic rings. The fourth-order valence-electron chi connectivity index (χ4n) is 1.61. The summed E-state index contributed by atoms with van der Waals surface area (Å²) in [6.07, 6.45) is 3.27. The van der Waals surface area contributed by atoms with Crippen molar-refractivity contribution in [1.29, 1.82) is 0 Å². The number of nitrogens with zero attached hydrogens (tertiary/aromatic N) is 2. The van der Waals surface area contributed by atoms with E-state index in [0.29, 0.717) is 6.54 Å². The highest BCUT2D eigenvalue weighted by atomic mass is 16.4. The second-order valence-corrected chi connectivity index (χ2v) is 3.92. The van der Waals surface area contributed by atoms with E-state index in [9.17, 15) is 9.59 Å². The van der Waals surface area contributed by atoms with Crippen molar-refractivity contribution in [2.75, 3.05) is 18.0 Å². The van der Waals surface area contributed by atoms with Gasteiger partial charge in [-0.05, 0) is 18.6 Å². The summed E-state index contributed by atoms with van der Waals surface area (Å²) in [6.45, 7) is 2.53. The molecule has 0 aliphatic carbocycles. The lowest BCUT2D eigenvalue weighted by atomic mass is 10.2. The minimum atomic E-state index is -1.07. The van der Waals surface area contributed by atoms with Crippen LogP contribution in [0, 0.1) is 0 Å². The molecule has 0 saturated heterocycles. The summed E-state index contributed by atoms with van der Waals surface area (Å²) in [6, 6.07) is 3.01. The van der Waals surface area contributed by atoms with E-state index >= 15 is 0 Å². The first-order chi connectivity index (χ1) is 8.56. The molecular formula is C12H17N3O3. The third-order valence-corrected chi connectivity index (χ3v) is 2.44. The van der Waals surface area contributed by atoms with Crippen LogP contribution in [-0.4, -0.2) is 35.1 Å². The monoisotopic (exact) mass is 251 g/mol. The number of carboxylic acids is 1. The van der Waals surface area contributed by atoms with Crippen LogP contribution < -0.4 is 10.6 Å². The van der Waals surface area contributed by atoms with E-state index in [1.54, 1.807) is 11.0 Å². The molecule has 0 saturated carbocycles. The first-order valence-electron chi connectivity index (χ1n) is 5.77. The van der Waals surface area contributed by atoms with E-state index in [-0.39, 0.29) is 17.9 Å². The van der Waals surface area contributed by atoms with Gasteiger partial charge in [-0.3, -0.25) is 4.79 Å². The zero-order valence-corrected chi connectivity index (χ0v) is 10.3. The van der Waals surface area contributed by atoms with Gasteiger partial charge >= 0.3 is 5.97 Å². The Hall–Kier alpha value is -2.11. The van der Waals surface area contributed by atoms with Crippen LogP contribution in [0.4, 0.5) is 5.82 Å². The largest absolute Gasteiger partial charge is 0.478 e. The topological polar surface area (TPSA) is 96.5 Å². The molecule has 6 nitrogen and oxygen atoms in total. The highest BCUT2D eigenvalue weighted by Gasteiger charge is 2.18. The zero-order chi connectivity index (χ0) is 13.5. The number of aromatic nitrogens is 1. The van der Waals surface area contributed by atoms with Crippen molar-refractivity contribution in [2.24, 2.45) is 5.73 Å². The molecule has 3 N–H and O–H groups in total. The molecule has 0 unspecified atom stereocenters. The highest BCUT2D eigenvalue weighted by molar-refractivity contribution is 5.94. The van der Waals surface area contributed by atoms with Gasteiger partial charge in [0.05, 0.1) is 6.54 Å². The first kappa shape index (κ1) is 14.0. The van der Waals surface area contributed by atoms with E-state index in [2.05, 4.69) is 4.98 Å². The lowest BCUT2D eigenvalue weighted by Gasteiger charge is -2.23. The molecule has 1 aromatic heterocycles. The molecule has 1 aromatic rings. The number of amides is 1. The van der Waals surface area contributed by atoms with Gasteiger partial charge in [0.2, 0.25) is 5.91 Å². The molecule has 0 aromatic carbocycles. The number of nitrogens with two attached hydrogens (primary N) is 1. The van der Waals surface area contributed by atoms with E-state index in [1.807, 2.05) is 6.92 Å². The fourth-order valence-corrected chi connectivity index (χ4v) is 1.61. The van der Waals surface area contributed by atoms with Crippen molar-refractivity contribution in [3.63, 3.8) is 0 Å². The van der Waals surface area contributed by atoms with E-state index < -0.39 is 11.9 Å². The van der Waals surface area contributed by atoms with Crippen LogP contribution in [0.2, 0.25) is 0 Å². The number of unbranched alkanes of at least 4 members (excludes halogenated alkanes) is 1. The lowest BCUT2D eigenvalue weighted by molar-refractivity contribution is -0.116. The smallest absolute Gasteiger partial charge is 0.339 e. The van der Waals surface area contributed by atoms with Crippen LogP contribution in [0.1, 0.15) is 30.1 Å². The van der Waals surface area contributed by atoms with Gasteiger partial charge in [-0.1, -0.05) is 13.3 Å². The molecule has 0 radical (unpaired) electrons. The normalized spacial score (nSPS) is 10.1. The average Bonchev–Trinajstić information content (AvgIpc) is 2.34. The Morgan fingerprint density at radius 2 is 2.22 bits per heavy atom. The first-order valence-corrected chi connectivity index (χ1v) is 5.77. The Bertz CT molecular complexity index is 434. The van der Waals surface area contributed by atoms with Gasteiger partial charge in [-0.2, -0.15) is 0 Å². The molecule has 0 atom stereocenters. The third-order valence-electron chi connectivity index (χ3n) is 2.44. The Balaban J connectivity index is 3.03. The number of hydrogen-bond donors (Lipinski definition) is 2. The van der Waals surface area contributed by atoms with Gasteiger partial charge in [0.1, 0.15) is 11.4 Å². The maximum absolute atomic E-state index is 11.1. The summed E-state index contributed by atoms with van der Waals surface area (Å²) in [5.41, 5.74) is 5.25. The van der Waals surface area contributed by atoms with Crippen molar-refractivity contribution >= 4 is 17.7 Å². The Morgan fingerprint density at radius 1 is 1.50 bits per heavy atom. The molecular weight excluding hydrogens is 234 g/mol. The number of rotatable bonds is 7. The van der Waals surface area contributed by atoms with E-state index in [1.165, 1.54) is 12.3 Å². The van der Waals surface area contributed by atoms with Crippen LogP contribution in [0.15, 0.2) is 18.3 Å². The molecule has 0 bridgehead atoms. The number of carbonyl (C=O) groups is 2. The summed E-state index contributed by atoms with van der Waals surface area (Å²) in [7, 11) is 0. The second kappa shape index (κ2) is 6.58. The summed E-state index contributed by atoms with van der Waals surface area (Å²) in [5, 5.41) is 9.09. The molecule has 1 amide bonds. The summed E-state index contributed by atoms with van der Waals surface area (Å²) >= 11 is 0. The van der Waals surface area contributed by atoms with Gasteiger partial charge in [0.25, 0.3) is 0 Å². The molecule has 6 heteroatoms. The Morgan fingerprint density at radius 3 is 2.78 bits per heavy atom. The molecule has 1 rings (SSSR count). The Labute approximate surface area is 105 Å². The number of anilines is 1. The standard InChI is InChI=1S/C12H17N3O3/c1-2-3-7-15(8-10(13)16)11-9(12(17)18)5-4-6-14-11/h4-6H,2-3,7-8H2,1H3,(H2,13,16)(H,17,18). The highest BCUT2D eigenvalue weighted by Crippen LogP contribution is 2.17. The number of pyridine rings is 1. The second-order valence-electron chi connectivity index (χ2n) is 3.92. The van der Waals surface area contributed by atoms with Crippen molar-refractivity contribution < 1.29 is 14.7 Å². The van der Waals surface area contributed by atoms with Gasteiger partial charge < -0.3 is 15.7 Å². The van der Waals surface area contributed by atoms with Gasteiger partial charge in [-0.25, -0.2) is 9.78 Å². The maximum atomic E-state index is 11.1. The Kier molecular flexibility index (Phi) is 5.10. The van der Waals surface area contributed by atoms with Crippen LogP contribution in [0.25, 0.3) is 0 Å². The van der Waals surface area contributed by atoms with Crippen LogP contribution in [-0.2, 0) is 4.79 Å². The number of hydrogen-bond acceptors (Lipinski definition) is 4. The van der Waals surface area contributed by atoms with E-state index in [0.717, 1.165) is 12.8 Å². The minimum Gasteiger partial charge on any atom is -0.478 e. The maximum Gasteiger partial charge on any atom is 0.339 e. The third kappa shape index (κ3) is 3.73.